The van der Waals surface area contributed by atoms with Gasteiger partial charge in [-0.05, 0) is 60.7 Å². The molecule has 1 N–H and O–H groups in total. The third kappa shape index (κ3) is 4.71. The van der Waals surface area contributed by atoms with Crippen LogP contribution in [0.25, 0.3) is 10.8 Å². The molecule has 0 bridgehead atoms. The van der Waals surface area contributed by atoms with Gasteiger partial charge in [0.05, 0.1) is 0 Å². The molecule has 1 heterocycles. The molecule has 0 unspecified atom stereocenters. The van der Waals surface area contributed by atoms with E-state index in [1.54, 1.807) is 0 Å². The Kier molecular flexibility index (Phi) is 6.21. The lowest BCUT2D eigenvalue weighted by molar-refractivity contribution is -0.124. The van der Waals surface area contributed by atoms with Crippen LogP contribution in [0.3, 0.4) is 0 Å². The fourth-order valence-corrected chi connectivity index (χ4v) is 4.10. The van der Waals surface area contributed by atoms with Crippen molar-refractivity contribution in [2.24, 2.45) is 0 Å². The van der Waals surface area contributed by atoms with E-state index in [9.17, 15) is 9.59 Å². The van der Waals surface area contributed by atoms with E-state index in [1.807, 2.05) is 79.4 Å². The van der Waals surface area contributed by atoms with E-state index in [4.69, 9.17) is 4.74 Å². The average molecular weight is 417 g/mol. The number of carbonyl (C=O) groups excluding carboxylic acids is 2. The van der Waals surface area contributed by atoms with Crippen LogP contribution in [0.1, 0.15) is 34.3 Å². The monoisotopic (exact) mass is 416 g/mol. The van der Waals surface area contributed by atoms with Crippen molar-refractivity contribution < 1.29 is 14.3 Å². The summed E-state index contributed by atoms with van der Waals surface area (Å²) < 4.78 is 5.70. The van der Waals surface area contributed by atoms with Crippen molar-refractivity contribution in [1.29, 1.82) is 0 Å². The van der Waals surface area contributed by atoms with Gasteiger partial charge < -0.3 is 15.0 Å². The lowest BCUT2D eigenvalue weighted by Crippen LogP contribution is -2.47. The molecular weight excluding hydrogens is 388 g/mol. The summed E-state index contributed by atoms with van der Waals surface area (Å²) in [7, 11) is 0. The largest absolute Gasteiger partial charge is 0.483 e. The smallest absolute Gasteiger partial charge is 0.258 e. The van der Waals surface area contributed by atoms with Crippen molar-refractivity contribution in [1.82, 2.24) is 10.2 Å². The van der Waals surface area contributed by atoms with E-state index < -0.39 is 0 Å². The van der Waals surface area contributed by atoms with Crippen LogP contribution in [0, 0.1) is 13.8 Å². The number of hydrogen-bond acceptors (Lipinski definition) is 3. The molecule has 0 saturated carbocycles. The van der Waals surface area contributed by atoms with Crippen LogP contribution in [0.5, 0.6) is 5.75 Å². The molecule has 3 aromatic rings. The van der Waals surface area contributed by atoms with Gasteiger partial charge >= 0.3 is 0 Å². The predicted molar refractivity (Wildman–Crippen MR) is 122 cm³/mol. The van der Waals surface area contributed by atoms with Gasteiger partial charge in [0.25, 0.3) is 11.8 Å². The second-order valence-corrected chi connectivity index (χ2v) is 8.15. The molecule has 5 nitrogen and oxygen atoms in total. The van der Waals surface area contributed by atoms with Gasteiger partial charge in [0.1, 0.15) is 5.75 Å². The summed E-state index contributed by atoms with van der Waals surface area (Å²) in [5.74, 6) is 0.672. The maximum Gasteiger partial charge on any atom is 0.258 e. The Morgan fingerprint density at radius 2 is 1.68 bits per heavy atom. The van der Waals surface area contributed by atoms with Gasteiger partial charge in [-0.3, -0.25) is 9.59 Å². The van der Waals surface area contributed by atoms with Crippen molar-refractivity contribution in [2.75, 3.05) is 19.7 Å². The summed E-state index contributed by atoms with van der Waals surface area (Å²) >= 11 is 0. The summed E-state index contributed by atoms with van der Waals surface area (Å²) in [5, 5.41) is 5.10. The quantitative estimate of drug-likeness (QED) is 0.676. The third-order valence-corrected chi connectivity index (χ3v) is 6.08. The molecule has 0 spiro atoms. The first kappa shape index (κ1) is 20.9. The highest BCUT2D eigenvalue weighted by Gasteiger charge is 2.25. The molecule has 160 valence electrons. The van der Waals surface area contributed by atoms with Crippen LogP contribution in [0.15, 0.2) is 60.7 Å². The van der Waals surface area contributed by atoms with Crippen molar-refractivity contribution in [3.8, 4) is 5.75 Å². The maximum atomic E-state index is 13.1. The van der Waals surface area contributed by atoms with E-state index in [0.29, 0.717) is 13.1 Å². The van der Waals surface area contributed by atoms with E-state index >= 15 is 0 Å². The zero-order valence-corrected chi connectivity index (χ0v) is 18.1. The van der Waals surface area contributed by atoms with Crippen LogP contribution >= 0.6 is 0 Å². The van der Waals surface area contributed by atoms with Gasteiger partial charge in [0.15, 0.2) is 6.61 Å². The SMILES string of the molecule is Cc1cccc(OCC(=O)NC2CCN(C(=O)c3cccc4ccccc34)CC2)c1C. The molecule has 0 aliphatic carbocycles. The molecule has 0 radical (unpaired) electrons. The number of amides is 2. The van der Waals surface area contributed by atoms with E-state index in [-0.39, 0.29) is 24.5 Å². The molecule has 0 aromatic heterocycles. The highest BCUT2D eigenvalue weighted by Crippen LogP contribution is 2.22. The summed E-state index contributed by atoms with van der Waals surface area (Å²) in [5.41, 5.74) is 2.93. The van der Waals surface area contributed by atoms with Crippen LogP contribution in [-0.4, -0.2) is 42.5 Å². The lowest BCUT2D eigenvalue weighted by atomic mass is 10.0. The molecule has 1 fully saturated rings. The highest BCUT2D eigenvalue weighted by molar-refractivity contribution is 6.07. The third-order valence-electron chi connectivity index (χ3n) is 6.08. The zero-order valence-electron chi connectivity index (χ0n) is 18.1. The minimum Gasteiger partial charge on any atom is -0.483 e. The summed E-state index contributed by atoms with van der Waals surface area (Å²) in [4.78, 5) is 27.3. The van der Waals surface area contributed by atoms with Gasteiger partial charge in [-0.1, -0.05) is 48.5 Å². The fraction of sp³-hybridized carbons (Fsp3) is 0.308. The lowest BCUT2D eigenvalue weighted by Gasteiger charge is -2.32. The standard InChI is InChI=1S/C26H28N2O3/c1-18-7-5-12-24(19(18)2)31-17-25(29)27-21-13-15-28(16-14-21)26(30)23-11-6-9-20-8-3-4-10-22(20)23/h3-12,21H,13-17H2,1-2H3,(H,27,29). The Morgan fingerprint density at radius 3 is 2.48 bits per heavy atom. The number of nitrogens with zero attached hydrogens (tertiary/aromatic N) is 1. The molecule has 0 atom stereocenters. The Labute approximate surface area is 183 Å². The highest BCUT2D eigenvalue weighted by atomic mass is 16.5. The van der Waals surface area contributed by atoms with Crippen molar-refractivity contribution in [2.45, 2.75) is 32.7 Å². The Morgan fingerprint density at radius 1 is 0.968 bits per heavy atom. The van der Waals surface area contributed by atoms with Gasteiger partial charge in [-0.25, -0.2) is 0 Å². The first-order valence-electron chi connectivity index (χ1n) is 10.8. The second-order valence-electron chi connectivity index (χ2n) is 8.15. The summed E-state index contributed by atoms with van der Waals surface area (Å²) in [6.07, 6.45) is 1.48. The van der Waals surface area contributed by atoms with E-state index in [0.717, 1.165) is 46.1 Å². The van der Waals surface area contributed by atoms with Crippen LogP contribution in [-0.2, 0) is 4.79 Å². The minimum atomic E-state index is -0.125. The minimum absolute atomic E-state index is 0.000553. The van der Waals surface area contributed by atoms with Crippen molar-refractivity contribution >= 4 is 22.6 Å². The predicted octanol–water partition coefficient (Wildman–Crippen LogP) is 4.26. The summed E-state index contributed by atoms with van der Waals surface area (Å²) in [6, 6.07) is 19.7. The normalized spacial score (nSPS) is 14.5. The van der Waals surface area contributed by atoms with Gasteiger partial charge in [-0.15, -0.1) is 0 Å². The summed E-state index contributed by atoms with van der Waals surface area (Å²) in [6.45, 7) is 5.27. The molecule has 1 aliphatic rings. The Bertz CT molecular complexity index is 1100. The molecule has 1 aliphatic heterocycles. The first-order valence-corrected chi connectivity index (χ1v) is 10.8. The first-order chi connectivity index (χ1) is 15.0. The molecule has 4 rings (SSSR count). The molecule has 3 aromatic carbocycles. The Hall–Kier alpha value is -3.34. The van der Waals surface area contributed by atoms with Crippen LogP contribution < -0.4 is 10.1 Å². The molecule has 31 heavy (non-hydrogen) atoms. The number of rotatable bonds is 5. The van der Waals surface area contributed by atoms with Gasteiger partial charge in [0.2, 0.25) is 0 Å². The number of benzene rings is 3. The number of hydrogen-bond donors (Lipinski definition) is 1. The van der Waals surface area contributed by atoms with E-state index in [1.165, 1.54) is 0 Å². The van der Waals surface area contributed by atoms with Crippen LogP contribution in [0.4, 0.5) is 0 Å². The second kappa shape index (κ2) is 9.21. The van der Waals surface area contributed by atoms with E-state index in [2.05, 4.69) is 5.32 Å². The number of ether oxygens (including phenoxy) is 1. The van der Waals surface area contributed by atoms with Gasteiger partial charge in [-0.2, -0.15) is 0 Å². The zero-order chi connectivity index (χ0) is 21.8. The van der Waals surface area contributed by atoms with Crippen molar-refractivity contribution in [3.05, 3.63) is 77.4 Å². The van der Waals surface area contributed by atoms with Gasteiger partial charge in [0, 0.05) is 24.7 Å². The molecule has 2 amide bonds. The number of carbonyl (C=O) groups is 2. The number of aryl methyl sites for hydroxylation is 1. The average Bonchev–Trinajstić information content (AvgIpc) is 2.80. The van der Waals surface area contributed by atoms with Crippen molar-refractivity contribution in [3.63, 3.8) is 0 Å². The number of nitrogens with one attached hydrogen (secondary N) is 1. The number of likely N-dealkylation sites (tertiary alicyclic amines) is 1. The maximum absolute atomic E-state index is 13.1. The Balaban J connectivity index is 1.30. The van der Waals surface area contributed by atoms with Crippen LogP contribution in [0.2, 0.25) is 0 Å². The number of piperidine rings is 1. The fourth-order valence-electron chi connectivity index (χ4n) is 4.10. The molecular formula is C26H28N2O3. The number of fused-ring (bicyclic) bond motifs is 1. The molecule has 1 saturated heterocycles. The topological polar surface area (TPSA) is 58.6 Å². The molecule has 5 heteroatoms.